The van der Waals surface area contributed by atoms with Gasteiger partial charge in [0.25, 0.3) is 0 Å². The van der Waals surface area contributed by atoms with Crippen LogP contribution in [-0.4, -0.2) is 19.0 Å². The molecule has 6 nitrogen and oxygen atoms in total. The lowest BCUT2D eigenvalue weighted by atomic mass is 10.2. The minimum Gasteiger partial charge on any atom is -0.497 e. The molecule has 0 unspecified atom stereocenters. The van der Waals surface area contributed by atoms with Crippen molar-refractivity contribution in [2.75, 3.05) is 22.0 Å². The van der Waals surface area contributed by atoms with Crippen LogP contribution < -0.4 is 19.7 Å². The molecular weight excluding hydrogens is 314 g/mol. The Morgan fingerprint density at radius 2 is 1.48 bits per heavy atom. The number of urea groups is 1. The van der Waals surface area contributed by atoms with Crippen molar-refractivity contribution in [3.05, 3.63) is 48.5 Å². The van der Waals surface area contributed by atoms with Gasteiger partial charge in [0.2, 0.25) is 5.91 Å². The zero-order valence-corrected chi connectivity index (χ0v) is 13.6. The quantitative estimate of drug-likeness (QED) is 0.751. The number of nitrogens with zero attached hydrogens (tertiary/aromatic N) is 1. The lowest BCUT2D eigenvalue weighted by Gasteiger charge is -2.17. The molecule has 0 atom stereocenters. The Balaban J connectivity index is 2.02. The number of anilines is 3. The van der Waals surface area contributed by atoms with Crippen molar-refractivity contribution in [2.24, 2.45) is 0 Å². The van der Waals surface area contributed by atoms with Gasteiger partial charge in [-0.3, -0.25) is 4.79 Å². The number of ether oxygens (including phenoxy) is 1. The van der Waals surface area contributed by atoms with Gasteiger partial charge in [-0.05, 0) is 48.5 Å². The van der Waals surface area contributed by atoms with E-state index in [0.29, 0.717) is 22.8 Å². The number of nitrogens with one attached hydrogen (secondary N) is 2. The first kappa shape index (κ1) is 16.7. The summed E-state index contributed by atoms with van der Waals surface area (Å²) < 4.78 is 6.24. The minimum absolute atomic E-state index is 0.155. The van der Waals surface area contributed by atoms with E-state index in [-0.39, 0.29) is 5.91 Å². The van der Waals surface area contributed by atoms with E-state index in [9.17, 15) is 9.59 Å². The minimum atomic E-state index is -0.397. The van der Waals surface area contributed by atoms with Crippen molar-refractivity contribution in [1.29, 1.82) is 0 Å². The van der Waals surface area contributed by atoms with Crippen LogP contribution in [0.4, 0.5) is 21.9 Å². The Morgan fingerprint density at radius 1 is 0.957 bits per heavy atom. The molecule has 3 amide bonds. The summed E-state index contributed by atoms with van der Waals surface area (Å²) in [6, 6.07) is 13.3. The molecule has 0 aromatic heterocycles. The van der Waals surface area contributed by atoms with Gasteiger partial charge in [-0.1, -0.05) is 12.8 Å². The van der Waals surface area contributed by atoms with Crippen molar-refractivity contribution in [3.63, 3.8) is 0 Å². The maximum atomic E-state index is 12.2. The molecule has 0 aliphatic rings. The molecule has 0 spiro atoms. The number of amides is 3. The summed E-state index contributed by atoms with van der Waals surface area (Å²) >= 11 is 4.20. The molecule has 0 aliphatic carbocycles. The van der Waals surface area contributed by atoms with Gasteiger partial charge in [-0.25, -0.2) is 9.10 Å². The molecule has 0 saturated heterocycles. The lowest BCUT2D eigenvalue weighted by Crippen LogP contribution is -2.26. The van der Waals surface area contributed by atoms with Gasteiger partial charge in [0.1, 0.15) is 5.75 Å². The van der Waals surface area contributed by atoms with Gasteiger partial charge in [0.05, 0.1) is 12.8 Å². The van der Waals surface area contributed by atoms with Gasteiger partial charge >= 0.3 is 6.03 Å². The smallest absolute Gasteiger partial charge is 0.336 e. The molecule has 0 saturated carbocycles. The molecular formula is C16H17N3O3S. The number of thiol groups is 1. The standard InChI is InChI=1S/C16H17N3O3S/c1-11(20)17-12-3-7-14(8-4-12)19(23)16(21)18-13-5-9-15(22-2)10-6-13/h3-10,23H,1-2H3,(H,17,20)(H,18,21). The third kappa shape index (κ3) is 4.65. The number of rotatable bonds is 4. The largest absolute Gasteiger partial charge is 0.497 e. The van der Waals surface area contributed by atoms with Crippen molar-refractivity contribution < 1.29 is 14.3 Å². The van der Waals surface area contributed by atoms with Crippen molar-refractivity contribution in [2.45, 2.75) is 6.92 Å². The van der Waals surface area contributed by atoms with Crippen LogP contribution in [0.15, 0.2) is 48.5 Å². The van der Waals surface area contributed by atoms with Crippen LogP contribution in [0.3, 0.4) is 0 Å². The Bertz CT molecular complexity index is 687. The Hall–Kier alpha value is -2.67. The molecule has 0 heterocycles. The van der Waals surface area contributed by atoms with Crippen LogP contribution in [0.1, 0.15) is 6.92 Å². The SMILES string of the molecule is COc1ccc(NC(=O)N(S)c2ccc(NC(C)=O)cc2)cc1. The topological polar surface area (TPSA) is 70.7 Å². The van der Waals surface area contributed by atoms with E-state index >= 15 is 0 Å². The van der Waals surface area contributed by atoms with Gasteiger partial charge in [0.15, 0.2) is 0 Å². The number of benzene rings is 2. The zero-order valence-electron chi connectivity index (χ0n) is 12.7. The second kappa shape index (κ2) is 7.55. The highest BCUT2D eigenvalue weighted by atomic mass is 32.1. The molecule has 2 aromatic carbocycles. The summed E-state index contributed by atoms with van der Waals surface area (Å²) in [7, 11) is 1.58. The predicted octanol–water partition coefficient (Wildman–Crippen LogP) is 3.54. The van der Waals surface area contributed by atoms with Crippen LogP contribution in [0.5, 0.6) is 5.75 Å². The average Bonchev–Trinajstić information content (AvgIpc) is 2.55. The first-order valence-corrected chi connectivity index (χ1v) is 7.21. The molecule has 7 heteroatoms. The monoisotopic (exact) mass is 331 g/mol. The van der Waals surface area contributed by atoms with E-state index in [2.05, 4.69) is 23.4 Å². The predicted molar refractivity (Wildman–Crippen MR) is 94.2 cm³/mol. The summed E-state index contributed by atoms with van der Waals surface area (Å²) in [5, 5.41) is 5.38. The van der Waals surface area contributed by atoms with Crippen LogP contribution in [-0.2, 0) is 4.79 Å². The normalized spacial score (nSPS) is 9.87. The second-order valence-electron chi connectivity index (χ2n) is 4.70. The number of carbonyl (C=O) groups excluding carboxylic acids is 2. The van der Waals surface area contributed by atoms with E-state index < -0.39 is 6.03 Å². The Labute approximate surface area is 140 Å². The van der Waals surface area contributed by atoms with E-state index in [1.807, 2.05) is 0 Å². The second-order valence-corrected chi connectivity index (χ2v) is 5.10. The zero-order chi connectivity index (χ0) is 16.8. The summed E-state index contributed by atoms with van der Waals surface area (Å²) in [6.07, 6.45) is 0. The van der Waals surface area contributed by atoms with E-state index in [1.165, 1.54) is 11.2 Å². The summed E-state index contributed by atoms with van der Waals surface area (Å²) in [5.41, 5.74) is 1.86. The van der Waals surface area contributed by atoms with Crippen LogP contribution >= 0.6 is 12.8 Å². The third-order valence-corrected chi connectivity index (χ3v) is 3.38. The van der Waals surface area contributed by atoms with Crippen molar-refractivity contribution in [1.82, 2.24) is 0 Å². The van der Waals surface area contributed by atoms with E-state index in [4.69, 9.17) is 4.74 Å². The first-order chi connectivity index (χ1) is 11.0. The number of carbonyl (C=O) groups is 2. The fourth-order valence-corrected chi connectivity index (χ4v) is 2.04. The highest BCUT2D eigenvalue weighted by Gasteiger charge is 2.12. The molecule has 2 rings (SSSR count). The van der Waals surface area contributed by atoms with Crippen molar-refractivity contribution in [3.8, 4) is 5.75 Å². The summed E-state index contributed by atoms with van der Waals surface area (Å²) in [6.45, 7) is 1.43. The molecule has 0 aliphatic heterocycles. The first-order valence-electron chi connectivity index (χ1n) is 6.81. The lowest BCUT2D eigenvalue weighted by molar-refractivity contribution is -0.114. The molecule has 23 heavy (non-hydrogen) atoms. The molecule has 0 fully saturated rings. The molecule has 2 aromatic rings. The maximum Gasteiger partial charge on any atom is 0.336 e. The molecule has 120 valence electrons. The summed E-state index contributed by atoms with van der Waals surface area (Å²) in [5.74, 6) is 0.553. The Morgan fingerprint density at radius 3 is 2.00 bits per heavy atom. The summed E-state index contributed by atoms with van der Waals surface area (Å²) in [4.78, 5) is 23.1. The molecule has 2 N–H and O–H groups in total. The fourth-order valence-electron chi connectivity index (χ4n) is 1.86. The van der Waals surface area contributed by atoms with Gasteiger partial charge in [-0.15, -0.1) is 0 Å². The maximum absolute atomic E-state index is 12.2. The fraction of sp³-hybridized carbons (Fsp3) is 0.125. The van der Waals surface area contributed by atoms with Crippen molar-refractivity contribution >= 4 is 41.8 Å². The molecule has 0 bridgehead atoms. The van der Waals surface area contributed by atoms with E-state index in [1.54, 1.807) is 55.6 Å². The highest BCUT2D eigenvalue weighted by Crippen LogP contribution is 2.21. The van der Waals surface area contributed by atoms with Crippen LogP contribution in [0, 0.1) is 0 Å². The van der Waals surface area contributed by atoms with Gasteiger partial charge in [-0.2, -0.15) is 0 Å². The number of methoxy groups -OCH3 is 1. The van der Waals surface area contributed by atoms with Crippen LogP contribution in [0.2, 0.25) is 0 Å². The average molecular weight is 331 g/mol. The van der Waals surface area contributed by atoms with Gasteiger partial charge < -0.3 is 15.4 Å². The third-order valence-electron chi connectivity index (χ3n) is 2.97. The number of hydrogen-bond donors (Lipinski definition) is 3. The van der Waals surface area contributed by atoms with Gasteiger partial charge in [0, 0.05) is 18.3 Å². The Kier molecular flexibility index (Phi) is 5.48. The molecule has 0 radical (unpaired) electrons. The van der Waals surface area contributed by atoms with Crippen LogP contribution in [0.25, 0.3) is 0 Å². The number of hydrogen-bond acceptors (Lipinski definition) is 4. The van der Waals surface area contributed by atoms with E-state index in [0.717, 1.165) is 0 Å². The highest BCUT2D eigenvalue weighted by molar-refractivity contribution is 7.82.